The Bertz CT molecular complexity index is 295. The fourth-order valence-corrected chi connectivity index (χ4v) is 0.963. The van der Waals surface area contributed by atoms with Gasteiger partial charge in [0.1, 0.15) is 6.07 Å². The molecule has 1 atom stereocenters. The summed E-state index contributed by atoms with van der Waals surface area (Å²) >= 11 is 0. The van der Waals surface area contributed by atoms with Gasteiger partial charge in [0.05, 0.1) is 12.3 Å². The lowest BCUT2D eigenvalue weighted by Gasteiger charge is -2.03. The van der Waals surface area contributed by atoms with E-state index in [1.165, 1.54) is 6.21 Å². The smallest absolute Gasteiger partial charge is 0.111 e. The first kappa shape index (κ1) is 8.48. The van der Waals surface area contributed by atoms with Crippen molar-refractivity contribution in [2.24, 2.45) is 4.99 Å². The molecule has 1 aromatic carbocycles. The molecule has 1 aromatic rings. The molecule has 0 N–H and O–H groups in total. The first-order valence-corrected chi connectivity index (χ1v) is 3.81. The SMILES string of the molecule is CC(N=CC#N)c1ccccc1. The second kappa shape index (κ2) is 4.30. The average molecular weight is 158 g/mol. The molecule has 0 aromatic heterocycles. The van der Waals surface area contributed by atoms with Crippen molar-refractivity contribution in [2.45, 2.75) is 13.0 Å². The lowest BCUT2D eigenvalue weighted by atomic mass is 10.1. The van der Waals surface area contributed by atoms with Crippen LogP contribution in [-0.4, -0.2) is 6.21 Å². The minimum atomic E-state index is 0.0749. The van der Waals surface area contributed by atoms with Gasteiger partial charge in [-0.2, -0.15) is 5.26 Å². The van der Waals surface area contributed by atoms with Crippen LogP contribution in [-0.2, 0) is 0 Å². The maximum atomic E-state index is 8.26. The number of benzene rings is 1. The van der Waals surface area contributed by atoms with Crippen molar-refractivity contribution in [3.8, 4) is 6.07 Å². The van der Waals surface area contributed by atoms with Gasteiger partial charge >= 0.3 is 0 Å². The Morgan fingerprint density at radius 1 is 1.42 bits per heavy atom. The largest absolute Gasteiger partial charge is 0.274 e. The van der Waals surface area contributed by atoms with Gasteiger partial charge in [-0.1, -0.05) is 30.3 Å². The molecule has 0 heterocycles. The molecule has 0 saturated heterocycles. The lowest BCUT2D eigenvalue weighted by Crippen LogP contribution is -1.88. The van der Waals surface area contributed by atoms with E-state index < -0.39 is 0 Å². The Hall–Kier alpha value is -1.62. The van der Waals surface area contributed by atoms with Crippen LogP contribution < -0.4 is 0 Å². The standard InChI is InChI=1S/C10H10N2/c1-9(12-8-7-11)10-5-3-2-4-6-10/h2-6,8-9H,1H3. The van der Waals surface area contributed by atoms with Gasteiger partial charge in [0.15, 0.2) is 0 Å². The van der Waals surface area contributed by atoms with Crippen LogP contribution in [0.3, 0.4) is 0 Å². The van der Waals surface area contributed by atoms with Crippen molar-refractivity contribution >= 4 is 6.21 Å². The summed E-state index contributed by atoms with van der Waals surface area (Å²) in [5, 5.41) is 8.26. The van der Waals surface area contributed by atoms with Crippen molar-refractivity contribution in [1.29, 1.82) is 5.26 Å². The molecule has 60 valence electrons. The number of hydrogen-bond acceptors (Lipinski definition) is 2. The number of rotatable bonds is 2. The molecule has 0 fully saturated rings. The van der Waals surface area contributed by atoms with E-state index in [0.29, 0.717) is 0 Å². The molecule has 0 radical (unpaired) electrons. The minimum Gasteiger partial charge on any atom is -0.274 e. The van der Waals surface area contributed by atoms with Gasteiger partial charge in [-0.15, -0.1) is 0 Å². The van der Waals surface area contributed by atoms with E-state index in [0.717, 1.165) is 5.56 Å². The van der Waals surface area contributed by atoms with Crippen LogP contribution in [0, 0.1) is 11.3 Å². The van der Waals surface area contributed by atoms with Gasteiger partial charge in [-0.05, 0) is 12.5 Å². The molecule has 2 nitrogen and oxygen atoms in total. The molecule has 0 aliphatic rings. The van der Waals surface area contributed by atoms with Gasteiger partial charge in [-0.25, -0.2) is 0 Å². The van der Waals surface area contributed by atoms with E-state index in [1.54, 1.807) is 0 Å². The fraction of sp³-hybridized carbons (Fsp3) is 0.200. The fourth-order valence-electron chi connectivity index (χ4n) is 0.963. The Morgan fingerprint density at radius 2 is 2.08 bits per heavy atom. The summed E-state index contributed by atoms with van der Waals surface area (Å²) in [5.41, 5.74) is 1.13. The lowest BCUT2D eigenvalue weighted by molar-refractivity contribution is 0.826. The summed E-state index contributed by atoms with van der Waals surface area (Å²) < 4.78 is 0. The zero-order chi connectivity index (χ0) is 8.81. The third kappa shape index (κ3) is 2.21. The molecule has 0 spiro atoms. The molecule has 12 heavy (non-hydrogen) atoms. The van der Waals surface area contributed by atoms with Gasteiger partial charge in [0.2, 0.25) is 0 Å². The number of nitrogens with zero attached hydrogens (tertiary/aromatic N) is 2. The molecule has 2 heteroatoms. The average Bonchev–Trinajstić information content (AvgIpc) is 2.15. The topological polar surface area (TPSA) is 36.1 Å². The maximum absolute atomic E-state index is 8.26. The predicted octanol–water partition coefficient (Wildman–Crippen LogP) is 2.34. The monoisotopic (exact) mass is 158 g/mol. The van der Waals surface area contributed by atoms with Crippen molar-refractivity contribution in [3.05, 3.63) is 35.9 Å². The van der Waals surface area contributed by atoms with Gasteiger partial charge < -0.3 is 0 Å². The van der Waals surface area contributed by atoms with Crippen LogP contribution in [0.25, 0.3) is 0 Å². The third-order valence-corrected chi connectivity index (χ3v) is 1.64. The van der Waals surface area contributed by atoms with Crippen LogP contribution in [0.2, 0.25) is 0 Å². The van der Waals surface area contributed by atoms with E-state index in [-0.39, 0.29) is 6.04 Å². The first-order valence-electron chi connectivity index (χ1n) is 3.81. The second-order valence-electron chi connectivity index (χ2n) is 2.49. The normalized spacial score (nSPS) is 12.7. The van der Waals surface area contributed by atoms with Crippen molar-refractivity contribution in [2.75, 3.05) is 0 Å². The van der Waals surface area contributed by atoms with E-state index >= 15 is 0 Å². The van der Waals surface area contributed by atoms with E-state index in [4.69, 9.17) is 5.26 Å². The Labute approximate surface area is 72.2 Å². The van der Waals surface area contributed by atoms with Crippen LogP contribution in [0.4, 0.5) is 0 Å². The quantitative estimate of drug-likeness (QED) is 0.608. The summed E-state index contributed by atoms with van der Waals surface area (Å²) in [6.07, 6.45) is 1.28. The molecule has 0 aliphatic heterocycles. The highest BCUT2D eigenvalue weighted by Crippen LogP contribution is 2.14. The third-order valence-electron chi connectivity index (χ3n) is 1.64. The Morgan fingerprint density at radius 3 is 2.67 bits per heavy atom. The predicted molar refractivity (Wildman–Crippen MR) is 49.0 cm³/mol. The van der Waals surface area contributed by atoms with Gasteiger partial charge in [0.25, 0.3) is 0 Å². The van der Waals surface area contributed by atoms with Crippen LogP contribution in [0.5, 0.6) is 0 Å². The van der Waals surface area contributed by atoms with Crippen LogP contribution >= 0.6 is 0 Å². The minimum absolute atomic E-state index is 0.0749. The zero-order valence-corrected chi connectivity index (χ0v) is 6.94. The summed E-state index contributed by atoms with van der Waals surface area (Å²) in [7, 11) is 0. The molecule has 0 aliphatic carbocycles. The highest BCUT2D eigenvalue weighted by atomic mass is 14.7. The molecule has 0 saturated carbocycles. The molecular formula is C10H10N2. The Balaban J connectivity index is 2.73. The molecule has 0 amide bonds. The number of nitriles is 1. The summed E-state index contributed by atoms with van der Waals surface area (Å²) in [6, 6.07) is 11.8. The maximum Gasteiger partial charge on any atom is 0.111 e. The van der Waals surface area contributed by atoms with Crippen molar-refractivity contribution in [1.82, 2.24) is 0 Å². The van der Waals surface area contributed by atoms with Crippen molar-refractivity contribution < 1.29 is 0 Å². The van der Waals surface area contributed by atoms with Gasteiger partial charge in [-0.3, -0.25) is 4.99 Å². The molecular weight excluding hydrogens is 148 g/mol. The van der Waals surface area contributed by atoms with Gasteiger partial charge in [0, 0.05) is 0 Å². The first-order chi connectivity index (χ1) is 5.84. The number of aliphatic imine (C=N–C) groups is 1. The van der Waals surface area contributed by atoms with E-state index in [1.807, 2.05) is 43.3 Å². The zero-order valence-electron chi connectivity index (χ0n) is 6.94. The highest BCUT2D eigenvalue weighted by Gasteiger charge is 1.98. The highest BCUT2D eigenvalue weighted by molar-refractivity contribution is 5.75. The second-order valence-corrected chi connectivity index (χ2v) is 2.49. The summed E-state index contributed by atoms with van der Waals surface area (Å²) in [6.45, 7) is 1.96. The van der Waals surface area contributed by atoms with E-state index in [9.17, 15) is 0 Å². The Kier molecular flexibility index (Phi) is 3.04. The molecule has 1 unspecified atom stereocenters. The molecule has 0 bridgehead atoms. The van der Waals surface area contributed by atoms with Crippen molar-refractivity contribution in [3.63, 3.8) is 0 Å². The molecule has 1 rings (SSSR count). The summed E-state index contributed by atoms with van der Waals surface area (Å²) in [4.78, 5) is 4.03. The van der Waals surface area contributed by atoms with E-state index in [2.05, 4.69) is 4.99 Å². The summed E-state index contributed by atoms with van der Waals surface area (Å²) in [5.74, 6) is 0. The number of hydrogen-bond donors (Lipinski definition) is 0. The van der Waals surface area contributed by atoms with Crippen LogP contribution in [0.1, 0.15) is 18.5 Å². The van der Waals surface area contributed by atoms with Crippen LogP contribution in [0.15, 0.2) is 35.3 Å².